The van der Waals surface area contributed by atoms with Crippen molar-refractivity contribution in [1.82, 2.24) is 9.80 Å². The van der Waals surface area contributed by atoms with Gasteiger partial charge in [-0.1, -0.05) is 72.3 Å². The summed E-state index contributed by atoms with van der Waals surface area (Å²) in [7, 11) is -3.79. The number of carbonyl (C=O) groups is 1. The molecule has 1 heterocycles. The maximum absolute atomic E-state index is 13.0. The van der Waals surface area contributed by atoms with Crippen molar-refractivity contribution in [1.29, 1.82) is 0 Å². The number of aryl methyl sites for hydroxylation is 1. The number of carbonyl (C=O) groups excluding carboxylic acids is 1. The summed E-state index contributed by atoms with van der Waals surface area (Å²) in [4.78, 5) is 17.4. The average Bonchev–Trinajstić information content (AvgIpc) is 2.99. The quantitative estimate of drug-likeness (QED) is 0.268. The van der Waals surface area contributed by atoms with E-state index in [9.17, 15) is 13.2 Å². The highest BCUT2D eigenvalue weighted by molar-refractivity contribution is 7.92. The summed E-state index contributed by atoms with van der Waals surface area (Å²) in [6.45, 7) is 4.33. The number of rotatable bonds is 9. The summed E-state index contributed by atoms with van der Waals surface area (Å²) in [5.74, 6) is 0.372. The molecule has 7 nitrogen and oxygen atoms in total. The highest BCUT2D eigenvalue weighted by Crippen LogP contribution is 2.30. The van der Waals surface area contributed by atoms with Gasteiger partial charge < -0.3 is 9.64 Å². The fourth-order valence-electron chi connectivity index (χ4n) is 5.03. The van der Waals surface area contributed by atoms with Gasteiger partial charge in [0.15, 0.2) is 6.61 Å². The zero-order chi connectivity index (χ0) is 28.8. The Morgan fingerprint density at radius 1 is 0.854 bits per heavy atom. The minimum Gasteiger partial charge on any atom is -0.483 e. The summed E-state index contributed by atoms with van der Waals surface area (Å²) in [6, 6.07) is 32.0. The standard InChI is InChI=1S/C32H32ClN3O4S/c1-24-22-29(41(38,39)34-28-14-12-27(33)13-15-28)16-17-30(24)40-23-31(37)35-18-20-36(21-19-35)32(25-8-4-2-5-9-25)26-10-6-3-7-11-26/h2-17,22,32,34H,18-21,23H2,1H3. The van der Waals surface area contributed by atoms with Crippen molar-refractivity contribution in [3.63, 3.8) is 0 Å². The molecule has 1 aliphatic rings. The van der Waals surface area contributed by atoms with Crippen LogP contribution < -0.4 is 9.46 Å². The number of hydrogen-bond donors (Lipinski definition) is 1. The first kappa shape index (κ1) is 28.7. The molecule has 0 aromatic heterocycles. The van der Waals surface area contributed by atoms with E-state index in [1.165, 1.54) is 23.3 Å². The lowest BCUT2D eigenvalue weighted by Gasteiger charge is -2.39. The van der Waals surface area contributed by atoms with Crippen molar-refractivity contribution in [2.24, 2.45) is 0 Å². The first-order valence-corrected chi connectivity index (χ1v) is 15.3. The molecule has 5 rings (SSSR count). The normalized spacial score (nSPS) is 14.2. The summed E-state index contributed by atoms with van der Waals surface area (Å²) >= 11 is 5.88. The molecule has 1 saturated heterocycles. The number of amides is 1. The summed E-state index contributed by atoms with van der Waals surface area (Å²) in [5, 5.41) is 0.519. The third kappa shape index (κ3) is 7.08. The molecule has 0 spiro atoms. The van der Waals surface area contributed by atoms with Crippen molar-refractivity contribution < 1.29 is 17.9 Å². The Hall–Kier alpha value is -3.85. The van der Waals surface area contributed by atoms with E-state index in [-0.39, 0.29) is 23.5 Å². The first-order valence-electron chi connectivity index (χ1n) is 13.4. The largest absolute Gasteiger partial charge is 0.483 e. The third-order valence-electron chi connectivity index (χ3n) is 7.17. The fraction of sp³-hybridized carbons (Fsp3) is 0.219. The highest BCUT2D eigenvalue weighted by atomic mass is 35.5. The van der Waals surface area contributed by atoms with Crippen LogP contribution in [0.5, 0.6) is 5.75 Å². The van der Waals surface area contributed by atoms with Gasteiger partial charge in [-0.25, -0.2) is 8.42 Å². The molecule has 0 aliphatic carbocycles. The predicted molar refractivity (Wildman–Crippen MR) is 162 cm³/mol. The SMILES string of the molecule is Cc1cc(S(=O)(=O)Nc2ccc(Cl)cc2)ccc1OCC(=O)N1CCN(C(c2ccccc2)c2ccccc2)CC1. The number of halogens is 1. The molecule has 0 bridgehead atoms. The van der Waals surface area contributed by atoms with Crippen LogP contribution in [0.25, 0.3) is 0 Å². The average molecular weight is 590 g/mol. The number of hydrogen-bond acceptors (Lipinski definition) is 5. The minimum absolute atomic E-state index is 0.0962. The van der Waals surface area contributed by atoms with E-state index in [1.54, 1.807) is 37.3 Å². The van der Waals surface area contributed by atoms with Crippen LogP contribution >= 0.6 is 11.6 Å². The Bertz CT molecular complexity index is 1540. The first-order chi connectivity index (χ1) is 19.8. The van der Waals surface area contributed by atoms with E-state index >= 15 is 0 Å². The van der Waals surface area contributed by atoms with Gasteiger partial charge >= 0.3 is 0 Å². The molecular weight excluding hydrogens is 558 g/mol. The lowest BCUT2D eigenvalue weighted by atomic mass is 9.96. The molecule has 1 N–H and O–H groups in total. The smallest absolute Gasteiger partial charge is 0.261 e. The Morgan fingerprint density at radius 3 is 2.00 bits per heavy atom. The Morgan fingerprint density at radius 2 is 1.44 bits per heavy atom. The van der Waals surface area contributed by atoms with Crippen LogP contribution in [0, 0.1) is 6.92 Å². The number of sulfonamides is 1. The van der Waals surface area contributed by atoms with Gasteiger partial charge in [-0.3, -0.25) is 14.4 Å². The molecule has 1 fully saturated rings. The molecule has 212 valence electrons. The van der Waals surface area contributed by atoms with Crippen LogP contribution in [0.2, 0.25) is 5.02 Å². The zero-order valence-corrected chi connectivity index (χ0v) is 24.3. The van der Waals surface area contributed by atoms with Crippen LogP contribution in [0.3, 0.4) is 0 Å². The molecule has 4 aromatic carbocycles. The molecular formula is C32H32ClN3O4S. The molecule has 0 atom stereocenters. The second-order valence-electron chi connectivity index (χ2n) is 9.97. The van der Waals surface area contributed by atoms with Crippen molar-refractivity contribution >= 4 is 33.2 Å². The van der Waals surface area contributed by atoms with Crippen LogP contribution in [-0.4, -0.2) is 56.9 Å². The van der Waals surface area contributed by atoms with Gasteiger partial charge in [0.05, 0.1) is 10.9 Å². The van der Waals surface area contributed by atoms with Crippen molar-refractivity contribution in [3.8, 4) is 5.75 Å². The van der Waals surface area contributed by atoms with Gasteiger partial charge in [-0.05, 0) is 66.1 Å². The fourth-order valence-corrected chi connectivity index (χ4v) is 6.30. The molecule has 1 amide bonds. The van der Waals surface area contributed by atoms with Crippen LogP contribution in [0.15, 0.2) is 108 Å². The summed E-state index contributed by atoms with van der Waals surface area (Å²) in [6.07, 6.45) is 0. The van der Waals surface area contributed by atoms with Crippen molar-refractivity contribution in [3.05, 3.63) is 125 Å². The van der Waals surface area contributed by atoms with E-state index in [0.29, 0.717) is 35.1 Å². The van der Waals surface area contributed by atoms with Gasteiger partial charge in [-0.2, -0.15) is 0 Å². The van der Waals surface area contributed by atoms with Crippen LogP contribution in [0.1, 0.15) is 22.7 Å². The number of nitrogens with zero attached hydrogens (tertiary/aromatic N) is 2. The molecule has 9 heteroatoms. The highest BCUT2D eigenvalue weighted by Gasteiger charge is 2.28. The number of piperazine rings is 1. The van der Waals surface area contributed by atoms with E-state index in [1.807, 2.05) is 17.0 Å². The van der Waals surface area contributed by atoms with E-state index < -0.39 is 10.0 Å². The number of benzene rings is 4. The van der Waals surface area contributed by atoms with Crippen LogP contribution in [0.4, 0.5) is 5.69 Å². The monoisotopic (exact) mass is 589 g/mol. The van der Waals surface area contributed by atoms with Gasteiger partial charge in [0.25, 0.3) is 15.9 Å². The zero-order valence-electron chi connectivity index (χ0n) is 22.7. The number of anilines is 1. The molecule has 41 heavy (non-hydrogen) atoms. The lowest BCUT2D eigenvalue weighted by molar-refractivity contribution is -0.135. The predicted octanol–water partition coefficient (Wildman–Crippen LogP) is 5.76. The molecule has 1 aliphatic heterocycles. The number of nitrogens with one attached hydrogen (secondary N) is 1. The maximum atomic E-state index is 13.0. The third-order valence-corrected chi connectivity index (χ3v) is 8.80. The van der Waals surface area contributed by atoms with Gasteiger partial charge in [0, 0.05) is 36.9 Å². The molecule has 4 aromatic rings. The Balaban J connectivity index is 1.18. The summed E-state index contributed by atoms with van der Waals surface area (Å²) in [5.41, 5.74) is 3.49. The Kier molecular flexibility index (Phi) is 8.93. The second kappa shape index (κ2) is 12.8. The molecule has 0 saturated carbocycles. The van der Waals surface area contributed by atoms with Crippen molar-refractivity contribution in [2.45, 2.75) is 17.9 Å². The van der Waals surface area contributed by atoms with E-state index in [2.05, 4.69) is 58.2 Å². The number of ether oxygens (including phenoxy) is 1. The van der Waals surface area contributed by atoms with Crippen LogP contribution in [-0.2, 0) is 14.8 Å². The van der Waals surface area contributed by atoms with E-state index in [0.717, 1.165) is 13.1 Å². The minimum atomic E-state index is -3.79. The molecule has 0 radical (unpaired) electrons. The van der Waals surface area contributed by atoms with E-state index in [4.69, 9.17) is 16.3 Å². The van der Waals surface area contributed by atoms with Gasteiger partial charge in [-0.15, -0.1) is 0 Å². The summed E-state index contributed by atoms with van der Waals surface area (Å²) < 4.78 is 34.0. The topological polar surface area (TPSA) is 78.9 Å². The van der Waals surface area contributed by atoms with Gasteiger partial charge in [0.1, 0.15) is 5.75 Å². The molecule has 0 unspecified atom stereocenters. The van der Waals surface area contributed by atoms with Crippen molar-refractivity contribution in [2.75, 3.05) is 37.5 Å². The Labute approximate surface area is 246 Å². The lowest BCUT2D eigenvalue weighted by Crippen LogP contribution is -2.51. The second-order valence-corrected chi connectivity index (χ2v) is 12.1. The van der Waals surface area contributed by atoms with Gasteiger partial charge in [0.2, 0.25) is 0 Å². The maximum Gasteiger partial charge on any atom is 0.261 e.